The van der Waals surface area contributed by atoms with Crippen LogP contribution in [0, 0.1) is 10.1 Å². The van der Waals surface area contributed by atoms with E-state index in [0.717, 1.165) is 18.7 Å². The first kappa shape index (κ1) is 18.8. The zero-order chi connectivity index (χ0) is 18.7. The van der Waals surface area contributed by atoms with Gasteiger partial charge in [-0.15, -0.1) is 0 Å². The molecule has 1 aliphatic heterocycles. The first-order chi connectivity index (χ1) is 12.4. The Labute approximate surface area is 157 Å². The monoisotopic (exact) mass is 395 g/mol. The van der Waals surface area contributed by atoms with Crippen LogP contribution in [0.5, 0.6) is 0 Å². The van der Waals surface area contributed by atoms with Gasteiger partial charge in [-0.1, -0.05) is 41.9 Å². The van der Waals surface area contributed by atoms with Crippen molar-refractivity contribution >= 4 is 27.3 Å². The standard InChI is InChI=1S/C17H18ClN3O4S/c18-16-12-15(21(22)23)6-7-17(16)26(24,25)20-10-8-19(9-11-20)13-14-4-2-1-3-5-14/h1-7,12H,8-11,13H2. The molecule has 1 aliphatic rings. The van der Waals surface area contributed by atoms with E-state index in [1.807, 2.05) is 30.3 Å². The first-order valence-electron chi connectivity index (χ1n) is 8.08. The van der Waals surface area contributed by atoms with Gasteiger partial charge >= 0.3 is 0 Å². The number of halogens is 1. The van der Waals surface area contributed by atoms with Crippen molar-refractivity contribution in [2.45, 2.75) is 11.4 Å². The molecule has 0 atom stereocenters. The molecule has 0 unspecified atom stereocenters. The van der Waals surface area contributed by atoms with Crippen molar-refractivity contribution in [2.75, 3.05) is 26.2 Å². The predicted molar refractivity (Wildman–Crippen MR) is 98.6 cm³/mol. The van der Waals surface area contributed by atoms with Gasteiger partial charge < -0.3 is 0 Å². The van der Waals surface area contributed by atoms with Crippen LogP contribution in [0.2, 0.25) is 5.02 Å². The van der Waals surface area contributed by atoms with Crippen LogP contribution in [0.4, 0.5) is 5.69 Å². The van der Waals surface area contributed by atoms with Crippen molar-refractivity contribution in [2.24, 2.45) is 0 Å². The third kappa shape index (κ3) is 4.04. The van der Waals surface area contributed by atoms with Crippen molar-refractivity contribution in [3.8, 4) is 0 Å². The van der Waals surface area contributed by atoms with Crippen LogP contribution in [-0.4, -0.2) is 48.7 Å². The Morgan fingerprint density at radius 3 is 2.27 bits per heavy atom. The predicted octanol–water partition coefficient (Wildman–Crippen LogP) is 2.75. The summed E-state index contributed by atoms with van der Waals surface area (Å²) in [6, 6.07) is 13.4. The maximum atomic E-state index is 12.8. The third-order valence-electron chi connectivity index (χ3n) is 4.32. The number of nitrogens with zero attached hydrogens (tertiary/aromatic N) is 3. The van der Waals surface area contributed by atoms with Crippen molar-refractivity contribution < 1.29 is 13.3 Å². The molecule has 1 saturated heterocycles. The van der Waals surface area contributed by atoms with Gasteiger partial charge in [0, 0.05) is 44.9 Å². The van der Waals surface area contributed by atoms with Gasteiger partial charge in [0.25, 0.3) is 5.69 Å². The highest BCUT2D eigenvalue weighted by Gasteiger charge is 2.30. The molecule has 1 heterocycles. The average Bonchev–Trinajstić information content (AvgIpc) is 2.62. The van der Waals surface area contributed by atoms with E-state index in [4.69, 9.17) is 11.6 Å². The van der Waals surface area contributed by atoms with Crippen molar-refractivity contribution in [3.05, 3.63) is 69.2 Å². The van der Waals surface area contributed by atoms with Gasteiger partial charge in [0.15, 0.2) is 0 Å². The van der Waals surface area contributed by atoms with E-state index in [-0.39, 0.29) is 15.6 Å². The third-order valence-corrected chi connectivity index (χ3v) is 6.71. The number of benzene rings is 2. The summed E-state index contributed by atoms with van der Waals surface area (Å²) in [6.07, 6.45) is 0. The van der Waals surface area contributed by atoms with Gasteiger partial charge in [0.05, 0.1) is 9.95 Å². The maximum Gasteiger partial charge on any atom is 0.271 e. The largest absolute Gasteiger partial charge is 0.296 e. The minimum atomic E-state index is -3.78. The Morgan fingerprint density at radius 2 is 1.69 bits per heavy atom. The molecule has 0 saturated carbocycles. The summed E-state index contributed by atoms with van der Waals surface area (Å²) < 4.78 is 27.0. The molecule has 2 aromatic rings. The number of nitro groups is 1. The Balaban J connectivity index is 1.69. The van der Waals surface area contributed by atoms with Crippen molar-refractivity contribution in [1.82, 2.24) is 9.21 Å². The fourth-order valence-corrected chi connectivity index (χ4v) is 4.86. The molecule has 7 nitrogen and oxygen atoms in total. The van der Waals surface area contributed by atoms with E-state index < -0.39 is 14.9 Å². The minimum absolute atomic E-state index is 0.0960. The maximum absolute atomic E-state index is 12.8. The van der Waals surface area contributed by atoms with Gasteiger partial charge in [0.1, 0.15) is 4.90 Å². The Hall–Kier alpha value is -2.00. The second kappa shape index (κ2) is 7.71. The van der Waals surface area contributed by atoms with Gasteiger partial charge in [-0.3, -0.25) is 15.0 Å². The summed E-state index contributed by atoms with van der Waals surface area (Å²) in [6.45, 7) is 2.69. The summed E-state index contributed by atoms with van der Waals surface area (Å²) in [5.41, 5.74) is 0.948. The fourth-order valence-electron chi connectivity index (χ4n) is 2.92. The summed E-state index contributed by atoms with van der Waals surface area (Å²) in [4.78, 5) is 12.3. The van der Waals surface area contributed by atoms with E-state index in [9.17, 15) is 18.5 Å². The van der Waals surface area contributed by atoms with E-state index in [1.165, 1.54) is 15.9 Å². The molecule has 0 aromatic heterocycles. The molecule has 9 heteroatoms. The molecule has 0 aliphatic carbocycles. The van der Waals surface area contributed by atoms with E-state index in [2.05, 4.69) is 4.90 Å². The van der Waals surface area contributed by atoms with Crippen molar-refractivity contribution in [1.29, 1.82) is 0 Å². The molecular formula is C17H18ClN3O4S. The Kier molecular flexibility index (Phi) is 5.57. The molecule has 3 rings (SSSR count). The lowest BCUT2D eigenvalue weighted by Crippen LogP contribution is -2.48. The molecule has 26 heavy (non-hydrogen) atoms. The van der Waals surface area contributed by atoms with Gasteiger partial charge in [-0.05, 0) is 11.6 Å². The molecular weight excluding hydrogens is 378 g/mol. The lowest BCUT2D eigenvalue weighted by atomic mass is 10.2. The highest BCUT2D eigenvalue weighted by molar-refractivity contribution is 7.89. The quantitative estimate of drug-likeness (QED) is 0.574. The number of hydrogen-bond donors (Lipinski definition) is 0. The summed E-state index contributed by atoms with van der Waals surface area (Å²) in [5, 5.41) is 10.7. The molecule has 138 valence electrons. The van der Waals surface area contributed by atoms with Gasteiger partial charge in [0.2, 0.25) is 10.0 Å². The summed E-state index contributed by atoms with van der Waals surface area (Å²) >= 11 is 5.99. The van der Waals surface area contributed by atoms with Crippen LogP contribution in [0.3, 0.4) is 0 Å². The van der Waals surface area contributed by atoms with E-state index >= 15 is 0 Å². The molecule has 0 spiro atoms. The molecule has 0 N–H and O–H groups in total. The second-order valence-electron chi connectivity index (χ2n) is 6.04. The highest BCUT2D eigenvalue weighted by atomic mass is 35.5. The lowest BCUT2D eigenvalue weighted by Gasteiger charge is -2.34. The topological polar surface area (TPSA) is 83.8 Å². The van der Waals surface area contributed by atoms with Crippen LogP contribution in [0.25, 0.3) is 0 Å². The molecule has 0 bridgehead atoms. The van der Waals surface area contributed by atoms with E-state index in [1.54, 1.807) is 0 Å². The molecule has 0 amide bonds. The number of sulfonamides is 1. The van der Waals surface area contributed by atoms with Crippen molar-refractivity contribution in [3.63, 3.8) is 0 Å². The lowest BCUT2D eigenvalue weighted by molar-refractivity contribution is -0.384. The first-order valence-corrected chi connectivity index (χ1v) is 9.90. The summed E-state index contributed by atoms with van der Waals surface area (Å²) in [5.74, 6) is 0. The molecule has 2 aromatic carbocycles. The second-order valence-corrected chi connectivity index (χ2v) is 8.35. The molecule has 1 fully saturated rings. The number of piperazine rings is 1. The van der Waals surface area contributed by atoms with Gasteiger partial charge in [-0.25, -0.2) is 8.42 Å². The summed E-state index contributed by atoms with van der Waals surface area (Å²) in [7, 11) is -3.78. The zero-order valence-electron chi connectivity index (χ0n) is 13.9. The van der Waals surface area contributed by atoms with Crippen LogP contribution in [-0.2, 0) is 16.6 Å². The van der Waals surface area contributed by atoms with Crippen LogP contribution in [0.15, 0.2) is 53.4 Å². The van der Waals surface area contributed by atoms with Crippen LogP contribution < -0.4 is 0 Å². The Bertz CT molecular complexity index is 897. The fraction of sp³-hybridized carbons (Fsp3) is 0.294. The molecule has 0 radical (unpaired) electrons. The minimum Gasteiger partial charge on any atom is -0.296 e. The van der Waals surface area contributed by atoms with Gasteiger partial charge in [-0.2, -0.15) is 4.31 Å². The van der Waals surface area contributed by atoms with Crippen LogP contribution >= 0.6 is 11.6 Å². The highest BCUT2D eigenvalue weighted by Crippen LogP contribution is 2.29. The average molecular weight is 396 g/mol. The number of non-ortho nitro benzene ring substituents is 1. The Morgan fingerprint density at radius 1 is 1.04 bits per heavy atom. The number of nitro benzene ring substituents is 1. The zero-order valence-corrected chi connectivity index (χ0v) is 15.5. The number of rotatable bonds is 5. The van der Waals surface area contributed by atoms with Crippen LogP contribution in [0.1, 0.15) is 5.56 Å². The SMILES string of the molecule is O=[N+]([O-])c1ccc(S(=O)(=O)N2CCN(Cc3ccccc3)CC2)c(Cl)c1. The van der Waals surface area contributed by atoms with E-state index in [0.29, 0.717) is 26.2 Å². The normalized spacial score (nSPS) is 16.5. The smallest absolute Gasteiger partial charge is 0.271 e. The number of hydrogen-bond acceptors (Lipinski definition) is 5.